The van der Waals surface area contributed by atoms with Crippen LogP contribution in [0.25, 0.3) is 11.1 Å². The van der Waals surface area contributed by atoms with Crippen molar-refractivity contribution in [2.24, 2.45) is 0 Å². The summed E-state index contributed by atoms with van der Waals surface area (Å²) in [6.07, 6.45) is 0. The van der Waals surface area contributed by atoms with Crippen LogP contribution in [0.5, 0.6) is 0 Å². The first-order chi connectivity index (χ1) is 7.38. The fraction of sp³-hybridized carbons (Fsp3) is 0.333. The Bertz CT molecular complexity index is 596. The first-order valence-electron chi connectivity index (χ1n) is 4.99. The summed E-state index contributed by atoms with van der Waals surface area (Å²) < 4.78 is 5.01. The minimum atomic E-state index is -0.599. The van der Waals surface area contributed by atoms with Crippen molar-refractivity contribution < 1.29 is 4.42 Å². The van der Waals surface area contributed by atoms with Crippen LogP contribution in [0.2, 0.25) is 5.15 Å². The maximum Gasteiger partial charge on any atom is 0.374 e. The van der Waals surface area contributed by atoms with E-state index in [2.05, 4.69) is 25.8 Å². The molecule has 3 nitrogen and oxygen atoms in total. The molecule has 4 heteroatoms. The highest BCUT2D eigenvalue weighted by Crippen LogP contribution is 2.25. The molecule has 0 amide bonds. The molecule has 84 valence electrons. The lowest BCUT2D eigenvalue weighted by atomic mass is 9.87. The Labute approximate surface area is 98.1 Å². The molecule has 1 heterocycles. The standard InChI is InChI=1S/C12H12ClNO2/c1-12(2,3)7-4-5-9-8(6-7)14-10(13)11(15)16-9/h4-6H,1-3H3. The zero-order chi connectivity index (χ0) is 11.9. The molecule has 16 heavy (non-hydrogen) atoms. The zero-order valence-electron chi connectivity index (χ0n) is 9.37. The maximum atomic E-state index is 11.2. The lowest BCUT2D eigenvalue weighted by Gasteiger charge is -2.18. The molecule has 0 aliphatic heterocycles. The SMILES string of the molecule is CC(C)(C)c1ccc2oc(=O)c(Cl)nc2c1. The molecule has 0 saturated heterocycles. The molecule has 0 bridgehead atoms. The Hall–Kier alpha value is -1.35. The highest BCUT2D eigenvalue weighted by molar-refractivity contribution is 6.29. The van der Waals surface area contributed by atoms with Gasteiger partial charge in [0.15, 0.2) is 5.58 Å². The number of aromatic nitrogens is 1. The van der Waals surface area contributed by atoms with E-state index in [1.165, 1.54) is 0 Å². The summed E-state index contributed by atoms with van der Waals surface area (Å²) in [4.78, 5) is 15.2. The molecule has 1 aromatic heterocycles. The van der Waals surface area contributed by atoms with Crippen LogP contribution in [0.15, 0.2) is 27.4 Å². The van der Waals surface area contributed by atoms with Crippen molar-refractivity contribution in [3.8, 4) is 0 Å². The summed E-state index contributed by atoms with van der Waals surface area (Å²) in [7, 11) is 0. The van der Waals surface area contributed by atoms with Crippen LogP contribution in [-0.4, -0.2) is 4.98 Å². The Morgan fingerprint density at radius 3 is 2.62 bits per heavy atom. The highest BCUT2D eigenvalue weighted by Gasteiger charge is 2.15. The Morgan fingerprint density at radius 1 is 1.31 bits per heavy atom. The smallest absolute Gasteiger partial charge is 0.374 e. The lowest BCUT2D eigenvalue weighted by Crippen LogP contribution is -2.11. The summed E-state index contributed by atoms with van der Waals surface area (Å²) in [5.74, 6) is 0. The Kier molecular flexibility index (Phi) is 2.50. The van der Waals surface area contributed by atoms with Crippen molar-refractivity contribution in [2.75, 3.05) is 0 Å². The van der Waals surface area contributed by atoms with Crippen LogP contribution >= 0.6 is 11.6 Å². The molecular weight excluding hydrogens is 226 g/mol. The van der Waals surface area contributed by atoms with Gasteiger partial charge in [-0.3, -0.25) is 0 Å². The van der Waals surface area contributed by atoms with E-state index in [9.17, 15) is 4.79 Å². The monoisotopic (exact) mass is 237 g/mol. The van der Waals surface area contributed by atoms with E-state index >= 15 is 0 Å². The third-order valence-corrected chi connectivity index (χ3v) is 2.65. The van der Waals surface area contributed by atoms with Crippen molar-refractivity contribution in [3.05, 3.63) is 39.3 Å². The van der Waals surface area contributed by atoms with Crippen LogP contribution < -0.4 is 5.63 Å². The van der Waals surface area contributed by atoms with Gasteiger partial charge in [-0.05, 0) is 23.1 Å². The summed E-state index contributed by atoms with van der Waals surface area (Å²) in [6, 6.07) is 5.58. The van der Waals surface area contributed by atoms with Crippen LogP contribution in [0.1, 0.15) is 26.3 Å². The number of hydrogen-bond donors (Lipinski definition) is 0. The highest BCUT2D eigenvalue weighted by atomic mass is 35.5. The fourth-order valence-electron chi connectivity index (χ4n) is 1.45. The van der Waals surface area contributed by atoms with Gasteiger partial charge < -0.3 is 4.42 Å². The second kappa shape index (κ2) is 3.59. The number of nitrogens with zero attached hydrogens (tertiary/aromatic N) is 1. The second-order valence-corrected chi connectivity index (χ2v) is 5.08. The first kappa shape index (κ1) is 11.1. The van der Waals surface area contributed by atoms with Crippen molar-refractivity contribution in [2.45, 2.75) is 26.2 Å². The quantitative estimate of drug-likeness (QED) is 0.707. The molecule has 0 spiro atoms. The van der Waals surface area contributed by atoms with Gasteiger partial charge in [0, 0.05) is 0 Å². The molecule has 0 fully saturated rings. The van der Waals surface area contributed by atoms with Gasteiger partial charge in [0.05, 0.1) is 0 Å². The van der Waals surface area contributed by atoms with Crippen LogP contribution in [0.4, 0.5) is 0 Å². The molecule has 0 saturated carbocycles. The summed E-state index contributed by atoms with van der Waals surface area (Å²) in [6.45, 7) is 6.32. The first-order valence-corrected chi connectivity index (χ1v) is 5.36. The molecule has 0 unspecified atom stereocenters. The molecule has 2 aromatic rings. The van der Waals surface area contributed by atoms with E-state index in [0.717, 1.165) is 5.56 Å². The molecule has 2 rings (SSSR count). The van der Waals surface area contributed by atoms with Gasteiger partial charge in [0.1, 0.15) is 5.52 Å². The molecule has 0 N–H and O–H groups in total. The summed E-state index contributed by atoms with van der Waals surface area (Å²) in [5, 5.41) is -0.126. The summed E-state index contributed by atoms with van der Waals surface area (Å²) >= 11 is 5.64. The molecule has 1 aromatic carbocycles. The number of rotatable bonds is 0. The molecule has 0 radical (unpaired) electrons. The van der Waals surface area contributed by atoms with Gasteiger partial charge >= 0.3 is 5.63 Å². The summed E-state index contributed by atoms with van der Waals surface area (Å²) in [5.41, 5.74) is 1.62. The Balaban J connectivity index is 2.72. The van der Waals surface area contributed by atoms with E-state index in [1.807, 2.05) is 12.1 Å². The number of fused-ring (bicyclic) bond motifs is 1. The van der Waals surface area contributed by atoms with Gasteiger partial charge in [0.25, 0.3) is 0 Å². The van der Waals surface area contributed by atoms with E-state index < -0.39 is 5.63 Å². The van der Waals surface area contributed by atoms with Gasteiger partial charge in [-0.15, -0.1) is 0 Å². The second-order valence-electron chi connectivity index (χ2n) is 4.72. The van der Waals surface area contributed by atoms with Gasteiger partial charge in [0.2, 0.25) is 5.15 Å². The van der Waals surface area contributed by atoms with Crippen molar-refractivity contribution >= 4 is 22.7 Å². The minimum absolute atomic E-state index is 0.0263. The van der Waals surface area contributed by atoms with E-state index in [0.29, 0.717) is 11.1 Å². The fourth-order valence-corrected chi connectivity index (χ4v) is 1.58. The number of halogens is 1. The molecule has 0 atom stereocenters. The predicted octanol–water partition coefficient (Wildman–Crippen LogP) is 3.14. The zero-order valence-corrected chi connectivity index (χ0v) is 10.1. The number of benzene rings is 1. The molecule has 0 aliphatic rings. The predicted molar refractivity (Wildman–Crippen MR) is 64.0 cm³/mol. The topological polar surface area (TPSA) is 43.1 Å². The van der Waals surface area contributed by atoms with E-state index in [-0.39, 0.29) is 10.6 Å². The van der Waals surface area contributed by atoms with E-state index in [4.69, 9.17) is 16.0 Å². The van der Waals surface area contributed by atoms with Crippen molar-refractivity contribution in [1.82, 2.24) is 4.98 Å². The van der Waals surface area contributed by atoms with Gasteiger partial charge in [-0.25, -0.2) is 9.78 Å². The minimum Gasteiger partial charge on any atom is -0.419 e. The average Bonchev–Trinajstić information content (AvgIpc) is 2.17. The molecule has 0 aliphatic carbocycles. The number of hydrogen-bond acceptors (Lipinski definition) is 3. The maximum absolute atomic E-state index is 11.2. The third kappa shape index (κ3) is 1.95. The Morgan fingerprint density at radius 2 is 2.00 bits per heavy atom. The lowest BCUT2D eigenvalue weighted by molar-refractivity contribution is 0.553. The van der Waals surface area contributed by atoms with Gasteiger partial charge in [-0.1, -0.05) is 38.4 Å². The largest absolute Gasteiger partial charge is 0.419 e. The van der Waals surface area contributed by atoms with Gasteiger partial charge in [-0.2, -0.15) is 0 Å². The average molecular weight is 238 g/mol. The third-order valence-electron chi connectivity index (χ3n) is 2.41. The van der Waals surface area contributed by atoms with Crippen LogP contribution in [0, 0.1) is 0 Å². The van der Waals surface area contributed by atoms with Crippen molar-refractivity contribution in [1.29, 1.82) is 0 Å². The van der Waals surface area contributed by atoms with Crippen LogP contribution in [0.3, 0.4) is 0 Å². The van der Waals surface area contributed by atoms with Crippen LogP contribution in [-0.2, 0) is 5.41 Å². The van der Waals surface area contributed by atoms with E-state index in [1.54, 1.807) is 6.07 Å². The molecular formula is C12H12ClNO2. The normalized spacial score (nSPS) is 12.0. The van der Waals surface area contributed by atoms with Crippen molar-refractivity contribution in [3.63, 3.8) is 0 Å².